The monoisotopic (exact) mass is 342 g/mol. The molecule has 0 radical (unpaired) electrons. The molecule has 24 heavy (non-hydrogen) atoms. The molecule has 0 fully saturated rings. The number of benzene rings is 1. The van der Waals surface area contributed by atoms with Gasteiger partial charge in [-0.1, -0.05) is 25.1 Å². The molecule has 0 saturated heterocycles. The van der Waals surface area contributed by atoms with Crippen LogP contribution in [-0.4, -0.2) is 29.4 Å². The van der Waals surface area contributed by atoms with E-state index < -0.39 is 0 Å². The van der Waals surface area contributed by atoms with Gasteiger partial charge in [0.05, 0.1) is 11.4 Å². The number of aryl methyl sites for hydroxylation is 2. The summed E-state index contributed by atoms with van der Waals surface area (Å²) in [6, 6.07) is 7.93. The van der Waals surface area contributed by atoms with Crippen molar-refractivity contribution in [2.24, 2.45) is 0 Å². The number of fused-ring (bicyclic) bond motifs is 1. The molecule has 0 saturated carbocycles. The van der Waals surface area contributed by atoms with Gasteiger partial charge in [-0.2, -0.15) is 0 Å². The molecular formula is C19H22N2O2S. The van der Waals surface area contributed by atoms with Crippen molar-refractivity contribution in [2.45, 2.75) is 33.1 Å². The number of aromatic nitrogens is 1. The Labute approximate surface area is 146 Å². The lowest BCUT2D eigenvalue weighted by Crippen LogP contribution is -2.30. The molecule has 5 heteroatoms. The number of likely N-dealkylation sites (N-methyl/N-ethyl adjacent to an activating group) is 1. The van der Waals surface area contributed by atoms with E-state index in [0.717, 1.165) is 40.1 Å². The van der Waals surface area contributed by atoms with E-state index in [4.69, 9.17) is 4.42 Å². The number of hydrogen-bond donors (Lipinski definition) is 0. The Bertz CT molecular complexity index is 850. The SMILES string of the molecule is CCc1oc2ccccc2c1CC(=O)N(C)CCc1ncc(C)s1. The first-order valence-electron chi connectivity index (χ1n) is 8.23. The van der Waals surface area contributed by atoms with Crippen LogP contribution in [0.3, 0.4) is 0 Å². The second-order valence-corrected chi connectivity index (χ2v) is 7.28. The number of nitrogens with zero attached hydrogens (tertiary/aromatic N) is 2. The van der Waals surface area contributed by atoms with Crippen LogP contribution in [0.15, 0.2) is 34.9 Å². The Morgan fingerprint density at radius 2 is 2.12 bits per heavy atom. The number of rotatable bonds is 6. The zero-order valence-corrected chi connectivity index (χ0v) is 15.2. The second kappa shape index (κ2) is 7.18. The molecule has 2 aromatic heterocycles. The lowest BCUT2D eigenvalue weighted by atomic mass is 10.1. The number of thiazole rings is 1. The molecule has 4 nitrogen and oxygen atoms in total. The lowest BCUT2D eigenvalue weighted by Gasteiger charge is -2.16. The van der Waals surface area contributed by atoms with Gasteiger partial charge in [-0.15, -0.1) is 11.3 Å². The Kier molecular flexibility index (Phi) is 5.00. The Balaban J connectivity index is 1.69. The average Bonchev–Trinajstić information content (AvgIpc) is 3.16. The highest BCUT2D eigenvalue weighted by molar-refractivity contribution is 7.11. The van der Waals surface area contributed by atoms with Crippen molar-refractivity contribution in [3.8, 4) is 0 Å². The van der Waals surface area contributed by atoms with E-state index in [9.17, 15) is 4.79 Å². The highest BCUT2D eigenvalue weighted by Gasteiger charge is 2.18. The van der Waals surface area contributed by atoms with E-state index in [-0.39, 0.29) is 5.91 Å². The molecule has 0 aliphatic heterocycles. The highest BCUT2D eigenvalue weighted by atomic mass is 32.1. The van der Waals surface area contributed by atoms with Gasteiger partial charge in [0.15, 0.2) is 0 Å². The van der Waals surface area contributed by atoms with Crippen LogP contribution < -0.4 is 0 Å². The minimum Gasteiger partial charge on any atom is -0.461 e. The van der Waals surface area contributed by atoms with E-state index in [1.54, 1.807) is 16.2 Å². The maximum atomic E-state index is 12.6. The van der Waals surface area contributed by atoms with Crippen molar-refractivity contribution in [2.75, 3.05) is 13.6 Å². The van der Waals surface area contributed by atoms with Gasteiger partial charge in [-0.25, -0.2) is 4.98 Å². The first kappa shape index (κ1) is 16.7. The van der Waals surface area contributed by atoms with Crippen molar-refractivity contribution in [1.29, 1.82) is 0 Å². The molecular weight excluding hydrogens is 320 g/mol. The molecule has 0 N–H and O–H groups in total. The molecule has 2 heterocycles. The van der Waals surface area contributed by atoms with E-state index in [1.165, 1.54) is 4.88 Å². The topological polar surface area (TPSA) is 46.3 Å². The number of amides is 1. The zero-order valence-electron chi connectivity index (χ0n) is 14.3. The smallest absolute Gasteiger partial charge is 0.226 e. The number of furan rings is 1. The fraction of sp³-hybridized carbons (Fsp3) is 0.368. The van der Waals surface area contributed by atoms with Gasteiger partial charge in [0, 0.05) is 48.5 Å². The van der Waals surface area contributed by atoms with Gasteiger partial charge in [0.2, 0.25) is 5.91 Å². The van der Waals surface area contributed by atoms with Gasteiger partial charge in [0.25, 0.3) is 0 Å². The maximum absolute atomic E-state index is 12.6. The number of hydrogen-bond acceptors (Lipinski definition) is 4. The Morgan fingerprint density at radius 3 is 2.83 bits per heavy atom. The summed E-state index contributed by atoms with van der Waals surface area (Å²) < 4.78 is 5.88. The molecule has 3 rings (SSSR count). The largest absolute Gasteiger partial charge is 0.461 e. The number of carbonyl (C=O) groups is 1. The summed E-state index contributed by atoms with van der Waals surface area (Å²) in [5.41, 5.74) is 1.88. The standard InChI is InChI=1S/C19H22N2O2S/c1-4-16-15(14-7-5-6-8-17(14)23-16)11-19(22)21(3)10-9-18-20-12-13(2)24-18/h5-8,12H,4,9-11H2,1-3H3. The Hall–Kier alpha value is -2.14. The van der Waals surface area contributed by atoms with Crippen LogP contribution in [0.5, 0.6) is 0 Å². The summed E-state index contributed by atoms with van der Waals surface area (Å²) in [6.07, 6.45) is 3.85. The molecule has 0 aliphatic rings. The number of para-hydroxylation sites is 1. The van der Waals surface area contributed by atoms with Gasteiger partial charge >= 0.3 is 0 Å². The number of carbonyl (C=O) groups excluding carboxylic acids is 1. The average molecular weight is 342 g/mol. The predicted octanol–water partition coefficient (Wildman–Crippen LogP) is 4.00. The third kappa shape index (κ3) is 3.51. The van der Waals surface area contributed by atoms with Gasteiger partial charge in [0.1, 0.15) is 11.3 Å². The van der Waals surface area contributed by atoms with Crippen molar-refractivity contribution < 1.29 is 9.21 Å². The van der Waals surface area contributed by atoms with E-state index >= 15 is 0 Å². The lowest BCUT2D eigenvalue weighted by molar-refractivity contribution is -0.129. The fourth-order valence-corrected chi connectivity index (χ4v) is 3.60. The van der Waals surface area contributed by atoms with Gasteiger partial charge < -0.3 is 9.32 Å². The molecule has 0 unspecified atom stereocenters. The first-order valence-corrected chi connectivity index (χ1v) is 9.04. The van der Waals surface area contributed by atoms with Crippen LogP contribution in [0.25, 0.3) is 11.0 Å². The molecule has 1 amide bonds. The van der Waals surface area contributed by atoms with Crippen molar-refractivity contribution in [1.82, 2.24) is 9.88 Å². The summed E-state index contributed by atoms with van der Waals surface area (Å²) in [7, 11) is 1.86. The maximum Gasteiger partial charge on any atom is 0.226 e. The summed E-state index contributed by atoms with van der Waals surface area (Å²) in [5.74, 6) is 1.03. The quantitative estimate of drug-likeness (QED) is 0.680. The molecule has 3 aromatic rings. The normalized spacial score (nSPS) is 11.1. The van der Waals surface area contributed by atoms with Crippen molar-refractivity contribution in [3.05, 3.63) is 51.7 Å². The third-order valence-corrected chi connectivity index (χ3v) is 5.16. The summed E-state index contributed by atoms with van der Waals surface area (Å²) >= 11 is 1.69. The van der Waals surface area contributed by atoms with Crippen LogP contribution in [0.4, 0.5) is 0 Å². The molecule has 0 aliphatic carbocycles. The van der Waals surface area contributed by atoms with Crippen molar-refractivity contribution >= 4 is 28.2 Å². The molecule has 0 bridgehead atoms. The highest BCUT2D eigenvalue weighted by Crippen LogP contribution is 2.27. The van der Waals surface area contributed by atoms with E-state index in [2.05, 4.69) is 11.9 Å². The molecule has 1 aromatic carbocycles. The van der Waals surface area contributed by atoms with E-state index in [0.29, 0.717) is 13.0 Å². The summed E-state index contributed by atoms with van der Waals surface area (Å²) in [4.78, 5) is 20.0. The first-order chi connectivity index (χ1) is 11.6. The zero-order chi connectivity index (χ0) is 17.1. The molecule has 0 spiro atoms. The minimum absolute atomic E-state index is 0.115. The second-order valence-electron chi connectivity index (χ2n) is 5.96. The molecule has 0 atom stereocenters. The predicted molar refractivity (Wildman–Crippen MR) is 97.5 cm³/mol. The van der Waals surface area contributed by atoms with Crippen LogP contribution in [-0.2, 0) is 24.1 Å². The Morgan fingerprint density at radius 1 is 1.33 bits per heavy atom. The van der Waals surface area contributed by atoms with Gasteiger partial charge in [-0.05, 0) is 13.0 Å². The minimum atomic E-state index is 0.115. The summed E-state index contributed by atoms with van der Waals surface area (Å²) in [6.45, 7) is 4.79. The van der Waals surface area contributed by atoms with Crippen LogP contribution in [0, 0.1) is 6.92 Å². The van der Waals surface area contributed by atoms with E-state index in [1.807, 2.05) is 44.4 Å². The van der Waals surface area contributed by atoms with Crippen molar-refractivity contribution in [3.63, 3.8) is 0 Å². The summed E-state index contributed by atoms with van der Waals surface area (Å²) in [5, 5.41) is 2.13. The van der Waals surface area contributed by atoms with Crippen LogP contribution >= 0.6 is 11.3 Å². The molecule has 126 valence electrons. The van der Waals surface area contributed by atoms with Crippen LogP contribution in [0.2, 0.25) is 0 Å². The van der Waals surface area contributed by atoms with Crippen LogP contribution in [0.1, 0.15) is 28.1 Å². The fourth-order valence-electron chi connectivity index (χ4n) is 2.82. The van der Waals surface area contributed by atoms with Gasteiger partial charge in [-0.3, -0.25) is 4.79 Å². The third-order valence-electron chi connectivity index (χ3n) is 4.19.